The van der Waals surface area contributed by atoms with Gasteiger partial charge < -0.3 is 15.4 Å². The minimum atomic E-state index is -3.54. The summed E-state index contributed by atoms with van der Waals surface area (Å²) in [5.74, 6) is 0.763. The van der Waals surface area contributed by atoms with Gasteiger partial charge >= 0.3 is 0 Å². The van der Waals surface area contributed by atoms with E-state index in [0.717, 1.165) is 29.4 Å². The fourth-order valence-corrected chi connectivity index (χ4v) is 3.27. The van der Waals surface area contributed by atoms with Gasteiger partial charge in [0.15, 0.2) is 9.84 Å². The molecule has 0 spiro atoms. The van der Waals surface area contributed by atoms with E-state index in [-0.39, 0.29) is 16.3 Å². The van der Waals surface area contributed by atoms with Crippen LogP contribution >= 0.6 is 0 Å². The third kappa shape index (κ3) is 5.02. The molecule has 0 fully saturated rings. The lowest BCUT2D eigenvalue weighted by Gasteiger charge is -2.11. The number of nitro benzene ring substituents is 1. The number of nitro groups is 1. The van der Waals surface area contributed by atoms with Crippen molar-refractivity contribution in [3.8, 4) is 5.75 Å². The molecule has 0 saturated heterocycles. The molecule has 0 aliphatic rings. The van der Waals surface area contributed by atoms with Gasteiger partial charge in [0.25, 0.3) is 5.69 Å². The largest absolute Gasteiger partial charge is 0.497 e. The SMILES string of the molecule is COc1ccc(Nc2ccc(Nc3ccc(S(C)(=O)=O)cc3[N+](=O)[O-])cc2)cc1. The Morgan fingerprint density at radius 3 is 1.86 bits per heavy atom. The average molecular weight is 413 g/mol. The highest BCUT2D eigenvalue weighted by Crippen LogP contribution is 2.31. The van der Waals surface area contributed by atoms with Crippen molar-refractivity contribution in [2.45, 2.75) is 4.90 Å². The molecule has 0 aromatic heterocycles. The van der Waals surface area contributed by atoms with Gasteiger partial charge in [-0.1, -0.05) is 0 Å². The molecule has 150 valence electrons. The molecule has 0 unspecified atom stereocenters. The molecular formula is C20H19N3O5S. The summed E-state index contributed by atoms with van der Waals surface area (Å²) in [6, 6.07) is 18.4. The molecule has 3 rings (SSSR count). The number of ether oxygens (including phenoxy) is 1. The van der Waals surface area contributed by atoms with Crippen molar-refractivity contribution in [3.05, 3.63) is 76.8 Å². The molecule has 0 heterocycles. The molecule has 0 saturated carbocycles. The van der Waals surface area contributed by atoms with E-state index in [1.54, 1.807) is 19.2 Å². The first-order valence-corrected chi connectivity index (χ1v) is 10.4. The summed E-state index contributed by atoms with van der Waals surface area (Å²) in [6.07, 6.45) is 1.01. The zero-order valence-corrected chi connectivity index (χ0v) is 16.6. The maximum absolute atomic E-state index is 11.6. The van der Waals surface area contributed by atoms with Gasteiger partial charge in [-0.05, 0) is 60.7 Å². The number of hydrogen-bond acceptors (Lipinski definition) is 7. The number of hydrogen-bond donors (Lipinski definition) is 2. The Morgan fingerprint density at radius 2 is 1.38 bits per heavy atom. The highest BCUT2D eigenvalue weighted by molar-refractivity contribution is 7.90. The monoisotopic (exact) mass is 413 g/mol. The lowest BCUT2D eigenvalue weighted by atomic mass is 10.2. The Kier molecular flexibility index (Phi) is 5.69. The van der Waals surface area contributed by atoms with Gasteiger partial charge in [0.2, 0.25) is 0 Å². The van der Waals surface area contributed by atoms with E-state index in [1.165, 1.54) is 12.1 Å². The van der Waals surface area contributed by atoms with E-state index in [4.69, 9.17) is 4.74 Å². The number of methoxy groups -OCH3 is 1. The minimum absolute atomic E-state index is 0.103. The molecule has 2 N–H and O–H groups in total. The topological polar surface area (TPSA) is 111 Å². The van der Waals surface area contributed by atoms with Gasteiger partial charge in [-0.2, -0.15) is 0 Å². The molecule has 0 amide bonds. The second kappa shape index (κ2) is 8.19. The molecule has 3 aromatic rings. The van der Waals surface area contributed by atoms with Gasteiger partial charge in [-0.3, -0.25) is 10.1 Å². The Bertz CT molecular complexity index is 1130. The van der Waals surface area contributed by atoms with Gasteiger partial charge in [-0.15, -0.1) is 0 Å². The van der Waals surface area contributed by atoms with E-state index in [2.05, 4.69) is 10.6 Å². The van der Waals surface area contributed by atoms with E-state index < -0.39 is 14.8 Å². The van der Waals surface area contributed by atoms with Crippen LogP contribution in [-0.4, -0.2) is 26.7 Å². The number of nitrogens with zero attached hydrogens (tertiary/aromatic N) is 1. The molecule has 0 bridgehead atoms. The molecule has 3 aromatic carbocycles. The first kappa shape index (κ1) is 20.2. The standard InChI is InChI=1S/C20H19N3O5S/c1-28-17-9-7-15(8-10-17)21-14-3-5-16(6-4-14)22-19-12-11-18(29(2,26)27)13-20(19)23(24)25/h3-13,21-22H,1-2H3. The lowest BCUT2D eigenvalue weighted by molar-refractivity contribution is -0.384. The second-order valence-corrected chi connectivity index (χ2v) is 8.28. The summed E-state index contributed by atoms with van der Waals surface area (Å²) < 4.78 is 28.4. The summed E-state index contributed by atoms with van der Waals surface area (Å²) in [4.78, 5) is 10.6. The quantitative estimate of drug-likeness (QED) is 0.433. The highest BCUT2D eigenvalue weighted by atomic mass is 32.2. The smallest absolute Gasteiger partial charge is 0.293 e. The van der Waals surface area contributed by atoms with E-state index >= 15 is 0 Å². The molecule has 0 aliphatic heterocycles. The fraction of sp³-hybridized carbons (Fsp3) is 0.100. The predicted octanol–water partition coefficient (Wildman–Crippen LogP) is 4.49. The van der Waals surface area contributed by atoms with E-state index in [0.29, 0.717) is 5.69 Å². The predicted molar refractivity (Wildman–Crippen MR) is 112 cm³/mol. The summed E-state index contributed by atoms with van der Waals surface area (Å²) in [6.45, 7) is 0. The summed E-state index contributed by atoms with van der Waals surface area (Å²) in [5.41, 5.74) is 2.24. The normalized spacial score (nSPS) is 11.0. The van der Waals surface area contributed by atoms with Crippen LogP contribution in [0.3, 0.4) is 0 Å². The van der Waals surface area contributed by atoms with Crippen LogP contribution in [0, 0.1) is 10.1 Å². The number of sulfone groups is 1. The minimum Gasteiger partial charge on any atom is -0.497 e. The van der Waals surface area contributed by atoms with Crippen LogP contribution < -0.4 is 15.4 Å². The lowest BCUT2D eigenvalue weighted by Crippen LogP contribution is -2.02. The van der Waals surface area contributed by atoms with Crippen LogP contribution in [0.2, 0.25) is 0 Å². The molecule has 0 radical (unpaired) electrons. The van der Waals surface area contributed by atoms with Crippen molar-refractivity contribution in [2.75, 3.05) is 24.0 Å². The summed E-state index contributed by atoms with van der Waals surface area (Å²) >= 11 is 0. The number of benzene rings is 3. The van der Waals surface area contributed by atoms with Crippen molar-refractivity contribution in [1.29, 1.82) is 0 Å². The molecule has 8 nitrogen and oxygen atoms in total. The van der Waals surface area contributed by atoms with Crippen LogP contribution in [0.15, 0.2) is 71.6 Å². The molecular weight excluding hydrogens is 394 g/mol. The van der Waals surface area contributed by atoms with Gasteiger partial charge in [0.05, 0.1) is 16.9 Å². The third-order valence-corrected chi connectivity index (χ3v) is 5.25. The maximum atomic E-state index is 11.6. The van der Waals surface area contributed by atoms with E-state index in [1.807, 2.05) is 36.4 Å². The van der Waals surface area contributed by atoms with Crippen molar-refractivity contribution in [1.82, 2.24) is 0 Å². The third-order valence-electron chi connectivity index (χ3n) is 4.14. The summed E-state index contributed by atoms with van der Waals surface area (Å²) in [7, 11) is -1.93. The maximum Gasteiger partial charge on any atom is 0.293 e. The molecule has 0 aliphatic carbocycles. The van der Waals surface area contributed by atoms with Crippen molar-refractivity contribution >= 4 is 38.3 Å². The van der Waals surface area contributed by atoms with Gasteiger partial charge in [-0.25, -0.2) is 8.42 Å². The Hall–Kier alpha value is -3.59. The van der Waals surface area contributed by atoms with Crippen LogP contribution in [0.25, 0.3) is 0 Å². The zero-order chi connectivity index (χ0) is 21.0. The number of nitrogens with one attached hydrogen (secondary N) is 2. The molecule has 29 heavy (non-hydrogen) atoms. The van der Waals surface area contributed by atoms with Crippen molar-refractivity contribution < 1.29 is 18.1 Å². The van der Waals surface area contributed by atoms with Crippen LogP contribution in [0.4, 0.5) is 28.4 Å². The fourth-order valence-electron chi connectivity index (χ4n) is 2.63. The zero-order valence-electron chi connectivity index (χ0n) is 15.7. The van der Waals surface area contributed by atoms with Crippen LogP contribution in [0.5, 0.6) is 5.75 Å². The molecule has 0 atom stereocenters. The van der Waals surface area contributed by atoms with E-state index in [9.17, 15) is 18.5 Å². The second-order valence-electron chi connectivity index (χ2n) is 6.26. The van der Waals surface area contributed by atoms with Crippen LogP contribution in [-0.2, 0) is 9.84 Å². The summed E-state index contributed by atoms with van der Waals surface area (Å²) in [5, 5.41) is 17.5. The first-order valence-electron chi connectivity index (χ1n) is 8.53. The molecule has 9 heteroatoms. The van der Waals surface area contributed by atoms with Gasteiger partial charge in [0, 0.05) is 29.4 Å². The number of rotatable bonds is 7. The Balaban J connectivity index is 1.77. The first-order chi connectivity index (χ1) is 13.8. The van der Waals surface area contributed by atoms with Crippen LogP contribution in [0.1, 0.15) is 0 Å². The number of anilines is 4. The van der Waals surface area contributed by atoms with Gasteiger partial charge in [0.1, 0.15) is 11.4 Å². The van der Waals surface area contributed by atoms with Crippen molar-refractivity contribution in [3.63, 3.8) is 0 Å². The Morgan fingerprint density at radius 1 is 0.862 bits per heavy atom. The van der Waals surface area contributed by atoms with Crippen molar-refractivity contribution in [2.24, 2.45) is 0 Å². The average Bonchev–Trinajstić information content (AvgIpc) is 2.69. The Labute approximate surface area is 168 Å². The highest BCUT2D eigenvalue weighted by Gasteiger charge is 2.18.